The van der Waals surface area contributed by atoms with Crippen LogP contribution in [0.5, 0.6) is 0 Å². The molecule has 6 saturated carbocycles. The number of nitrogens with two attached hydrogens (primary N) is 4. The topological polar surface area (TPSA) is 391 Å². The van der Waals surface area contributed by atoms with Gasteiger partial charge in [-0.1, -0.05) is 120 Å². The summed E-state index contributed by atoms with van der Waals surface area (Å²) in [6.07, 6.45) is 34.4. The third-order valence-corrected chi connectivity index (χ3v) is 28.7. The number of rotatable bonds is 24. The molecule has 0 bridgehead atoms. The predicted octanol–water partition coefficient (Wildman–Crippen LogP) is 13.7. The molecular weight excluding hydrogens is 1570 g/mol. The fourth-order valence-electron chi connectivity index (χ4n) is 18.9. The van der Waals surface area contributed by atoms with E-state index in [4.69, 9.17) is 45.2 Å². The Bertz CT molecular complexity index is 2360. The quantitative estimate of drug-likeness (QED) is 0.0350. The van der Waals surface area contributed by atoms with Crippen LogP contribution in [0.3, 0.4) is 0 Å². The maximum absolute atomic E-state index is 12.7. The Morgan fingerprint density at radius 3 is 1.40 bits per heavy atom. The molecule has 530 valence electrons. The number of hydrogen-bond acceptors (Lipinski definition) is 11. The summed E-state index contributed by atoms with van der Waals surface area (Å²) in [5.74, 6) is 9.58. The predicted molar refractivity (Wildman–Crippen MR) is 349 cm³/mol. The van der Waals surface area contributed by atoms with Crippen molar-refractivity contribution in [3.8, 4) is 0 Å². The number of nitrogens with zero attached hydrogens (tertiary/aromatic N) is 2. The molecule has 20 nitrogen and oxygen atoms in total. The zero-order chi connectivity index (χ0) is 61.7. The molecule has 0 radical (unpaired) electrons. The van der Waals surface area contributed by atoms with Crippen LogP contribution in [0.2, 0.25) is 0 Å². The van der Waals surface area contributed by atoms with Crippen LogP contribution in [0.15, 0.2) is 23.3 Å². The summed E-state index contributed by atoms with van der Waals surface area (Å²) in [6, 6.07) is 0. The number of hydrogen-bond donors (Lipinski definition) is 3. The normalized spacial score (nSPS) is 33.0. The van der Waals surface area contributed by atoms with Crippen molar-refractivity contribution in [1.29, 1.82) is 0 Å². The first kappa shape index (κ1) is 93.4. The van der Waals surface area contributed by atoms with Crippen molar-refractivity contribution in [2.45, 2.75) is 243 Å². The van der Waals surface area contributed by atoms with Crippen molar-refractivity contribution >= 4 is 29.9 Å². The van der Waals surface area contributed by atoms with Crippen molar-refractivity contribution in [2.75, 3.05) is 36.2 Å². The fourth-order valence-corrected chi connectivity index (χ4v) is 22.0. The number of carbonyl (C=O) groups is 2. The Morgan fingerprint density at radius 1 is 0.644 bits per heavy atom. The van der Waals surface area contributed by atoms with Gasteiger partial charge in [0, 0.05) is 28.3 Å². The third-order valence-electron chi connectivity index (χ3n) is 23.1. The Balaban J connectivity index is -0.00000140. The van der Waals surface area contributed by atoms with E-state index < -0.39 is 40.0 Å². The van der Waals surface area contributed by atoms with Crippen LogP contribution >= 0.6 is 0 Å². The Morgan fingerprint density at radius 2 is 1.03 bits per heavy atom. The summed E-state index contributed by atoms with van der Waals surface area (Å²) < 4.78 is 37.1. The zero-order valence-corrected chi connectivity index (χ0v) is 64.1. The number of allylic oxidation sites excluding steroid dienone is 2. The van der Waals surface area contributed by atoms with Gasteiger partial charge in [-0.2, -0.15) is 0 Å². The molecule has 8 unspecified atom stereocenters. The molecule has 0 amide bonds. The molecule has 8 aliphatic rings. The minimum absolute atomic E-state index is 0. The smallest absolute Gasteiger partial charge is 0.693 e. The summed E-state index contributed by atoms with van der Waals surface area (Å²) in [5.41, 5.74) is 4.98. The number of aliphatic carboxylic acids is 2. The monoisotopic (exact) mass is 1690 g/mol. The Labute approximate surface area is 591 Å². The molecule has 0 aromatic heterocycles. The van der Waals surface area contributed by atoms with Gasteiger partial charge in [0.25, 0.3) is 10.2 Å². The van der Waals surface area contributed by atoms with E-state index in [1.807, 2.05) is 18.0 Å². The van der Waals surface area contributed by atoms with Gasteiger partial charge < -0.3 is 49.7 Å². The third kappa shape index (κ3) is 25.6. The average Bonchev–Trinajstić information content (AvgIpc) is 1.30. The van der Waals surface area contributed by atoms with E-state index in [2.05, 4.69) is 81.4 Å². The minimum Gasteiger partial charge on any atom is -0.693 e. The molecule has 0 heterocycles. The van der Waals surface area contributed by atoms with Gasteiger partial charge in [-0.3, -0.25) is 4.21 Å². The summed E-state index contributed by atoms with van der Waals surface area (Å²) >= 11 is 1.94. The van der Waals surface area contributed by atoms with Gasteiger partial charge in [-0.25, -0.2) is 0 Å². The molecule has 11 N–H and O–H groups in total. The maximum atomic E-state index is 12.7. The van der Waals surface area contributed by atoms with Crippen LogP contribution < -0.4 is 34.7 Å². The van der Waals surface area contributed by atoms with Crippen molar-refractivity contribution < 1.29 is 127 Å². The standard InChI is InChI=1S/2C32H54O4S.CH4.2HNO3.4H2N.Na.2Pt/c2*1-22(2)7-6-8-23(3)27-11-12-28-26-10-9-24-21-25(36-18-20-37(35)19-15-30(33)34)13-16-31(24,4)29(26)14-17-32(27,28)5;;2*2-1(3)4;;;;;;;/h2*9,22-23,25-29H,6-8,10-21H2,1-5H3,(H,33,34);1H4;2*(H,2,3,4);4*1H2;;;/q;;;;;4*-1;+1;;+2/p-1/t2*23-,25+,26?,27-,28?,29?,31+,32-,37?;;;;;;;;;;/m11........../s1. The van der Waals surface area contributed by atoms with Crippen LogP contribution in [-0.2, 0) is 76.0 Å². The van der Waals surface area contributed by atoms with Crippen molar-refractivity contribution in [3.05, 3.63) is 68.1 Å². The molecule has 18 atom stereocenters. The van der Waals surface area contributed by atoms with Crippen LogP contribution in [0.4, 0.5) is 0 Å². The number of carboxylic acid groups (broad SMARTS) is 2. The van der Waals surface area contributed by atoms with Crippen LogP contribution in [-0.4, -0.2) is 94.5 Å². The molecule has 0 saturated heterocycles. The van der Waals surface area contributed by atoms with Gasteiger partial charge >= 0.3 is 223 Å². The summed E-state index contributed by atoms with van der Waals surface area (Å²) in [4.78, 5) is 38.2. The molecule has 6 fully saturated rings. The zero-order valence-electron chi connectivity index (χ0n) is 55.9. The Hall–Kier alpha value is -0.743. The molecule has 8 aliphatic carbocycles. The number of carbonyl (C=O) groups excluding carboxylic acids is 1. The van der Waals surface area contributed by atoms with Gasteiger partial charge in [-0.05, 0) is 128 Å². The summed E-state index contributed by atoms with van der Waals surface area (Å²) in [6.45, 7) is 26.0. The first-order chi connectivity index (χ1) is 38.9. The molecule has 90 heavy (non-hydrogen) atoms. The van der Waals surface area contributed by atoms with E-state index in [1.165, 1.54) is 116 Å². The van der Waals surface area contributed by atoms with E-state index in [0.717, 1.165) is 96.7 Å². The number of fused-ring (bicyclic) bond motifs is 10. The Kier molecular flexibility index (Phi) is 43.8. The summed E-state index contributed by atoms with van der Waals surface area (Å²) in [5, 5.41) is 46.8. The van der Waals surface area contributed by atoms with E-state index in [1.54, 1.807) is 11.1 Å². The van der Waals surface area contributed by atoms with Gasteiger partial charge in [0.05, 0.1) is 12.7 Å². The molecule has 0 aromatic rings. The molecule has 25 heteroatoms. The number of carboxylic acids is 2. The molecular formula is C65H121N6NaO14Pt2S2-2. The first-order valence-electron chi connectivity index (χ1n) is 32.1. The van der Waals surface area contributed by atoms with Crippen LogP contribution in [0.25, 0.3) is 24.6 Å². The molecule has 0 aromatic carbocycles. The number of ether oxygens (including phenoxy) is 2. The van der Waals surface area contributed by atoms with E-state index in [-0.39, 0.29) is 119 Å². The van der Waals surface area contributed by atoms with Gasteiger partial charge in [0.1, 0.15) is 0 Å². The molecule has 8 rings (SSSR count). The average molecular weight is 1690 g/mol. The molecule has 0 aliphatic heterocycles. The minimum atomic E-state index is -2.16. The van der Waals surface area contributed by atoms with Crippen LogP contribution in [0, 0.1) is 113 Å². The van der Waals surface area contributed by atoms with Crippen LogP contribution in [0.1, 0.15) is 231 Å². The second kappa shape index (κ2) is 42.2. The van der Waals surface area contributed by atoms with Gasteiger partial charge in [0.15, 0.2) is 0 Å². The van der Waals surface area contributed by atoms with E-state index in [9.17, 15) is 23.1 Å². The van der Waals surface area contributed by atoms with Crippen molar-refractivity contribution in [2.24, 2.45) is 92.7 Å². The second-order valence-electron chi connectivity index (χ2n) is 28.7. The van der Waals surface area contributed by atoms with Crippen molar-refractivity contribution in [1.82, 2.24) is 0 Å². The van der Waals surface area contributed by atoms with Gasteiger partial charge in [0.2, 0.25) is 0 Å². The SMILES string of the molecule is C.CC(C)CCC[C@@H](C)[C@H]1CCC2C3CC=C4C[C@@H](OCCS(=O)CCC(=O)[O-])CC[C@]4(C)C3CC[C@@]21C.CC(C)CCC[C@@H](C)[C@H]1CCC2C3CC=C4C[C@@H](OCC[S](=O)(=[Pt])CCC(=O)O)CC[C@]4(C)C3CC[C@@]21C.O=[N+]([O-])O.O=[N+]([O-])O.[NH2-].[NH2-].[NH2-].[NH2-].[Na+].[Pt+2]. The van der Waals surface area contributed by atoms with Gasteiger partial charge in [-0.15, -0.1) is 20.2 Å². The summed E-state index contributed by atoms with van der Waals surface area (Å²) in [7, 11) is -3.31. The first-order valence-corrected chi connectivity index (χ1v) is 38.1. The fraction of sp³-hybridized carbons (Fsp3) is 0.908. The molecule has 0 spiro atoms. The van der Waals surface area contributed by atoms with E-state index >= 15 is 0 Å². The second-order valence-corrected chi connectivity index (χ2v) is 37.7. The van der Waals surface area contributed by atoms with Crippen molar-refractivity contribution in [3.63, 3.8) is 0 Å². The van der Waals surface area contributed by atoms with E-state index in [0.29, 0.717) is 46.4 Å².